The Bertz CT molecular complexity index is 973. The predicted molar refractivity (Wildman–Crippen MR) is 110 cm³/mol. The first-order chi connectivity index (χ1) is 13.7. The molecule has 0 bridgehead atoms. The van der Waals surface area contributed by atoms with Gasteiger partial charge in [0, 0.05) is 29.6 Å². The van der Waals surface area contributed by atoms with E-state index < -0.39 is 0 Å². The molecule has 0 saturated heterocycles. The summed E-state index contributed by atoms with van der Waals surface area (Å²) in [7, 11) is 0. The van der Waals surface area contributed by atoms with E-state index in [1.165, 1.54) is 5.56 Å². The Balaban J connectivity index is 1.44. The highest BCUT2D eigenvalue weighted by Gasteiger charge is 2.37. The van der Waals surface area contributed by atoms with Crippen molar-refractivity contribution in [2.75, 3.05) is 5.32 Å². The van der Waals surface area contributed by atoms with Crippen molar-refractivity contribution in [2.45, 2.75) is 38.6 Å². The lowest BCUT2D eigenvalue weighted by Gasteiger charge is -2.28. The average molecular weight is 372 g/mol. The third-order valence-corrected chi connectivity index (χ3v) is 5.63. The standard InChI is InChI=1S/C23H24N4O/c1-23(14-15-28)13-5-8-22(23)24-19-9-11-21(12-10-19)27-17-20(25-26-27)16-18-6-3-2-4-7-18/h2-4,6-7,9-12,14,17,22,24H,5,8,13,16H2,1H3. The number of carbonyl (C=O) groups excluding carboxylic acids is 1. The first-order valence-corrected chi connectivity index (χ1v) is 9.70. The molecule has 5 nitrogen and oxygen atoms in total. The zero-order valence-corrected chi connectivity index (χ0v) is 16.0. The summed E-state index contributed by atoms with van der Waals surface area (Å²) in [6, 6.07) is 18.7. The zero-order chi connectivity index (χ0) is 19.4. The van der Waals surface area contributed by atoms with Gasteiger partial charge >= 0.3 is 0 Å². The smallest absolute Gasteiger partial charge is 0.120 e. The van der Waals surface area contributed by atoms with Crippen molar-refractivity contribution in [1.29, 1.82) is 0 Å². The molecule has 2 atom stereocenters. The molecular weight excluding hydrogens is 348 g/mol. The zero-order valence-electron chi connectivity index (χ0n) is 16.0. The average Bonchev–Trinajstić information content (AvgIpc) is 3.31. The van der Waals surface area contributed by atoms with Gasteiger partial charge < -0.3 is 5.32 Å². The van der Waals surface area contributed by atoms with Crippen LogP contribution in [0.2, 0.25) is 0 Å². The van der Waals surface area contributed by atoms with E-state index in [2.05, 4.69) is 46.8 Å². The topological polar surface area (TPSA) is 59.8 Å². The molecule has 1 aromatic heterocycles. The maximum absolute atomic E-state index is 10.9. The maximum atomic E-state index is 10.9. The van der Waals surface area contributed by atoms with E-state index >= 15 is 0 Å². The van der Waals surface area contributed by atoms with Crippen LogP contribution in [0.25, 0.3) is 5.69 Å². The predicted octanol–water partition coefficient (Wildman–Crippen LogP) is 4.22. The van der Waals surface area contributed by atoms with Crippen molar-refractivity contribution in [3.63, 3.8) is 0 Å². The van der Waals surface area contributed by atoms with Crippen molar-refractivity contribution >= 4 is 11.6 Å². The molecule has 1 N–H and O–H groups in total. The molecule has 0 amide bonds. The van der Waals surface area contributed by atoms with Crippen LogP contribution < -0.4 is 5.32 Å². The fraction of sp³-hybridized carbons (Fsp3) is 0.304. The quantitative estimate of drug-likeness (QED) is 0.658. The fourth-order valence-corrected chi connectivity index (χ4v) is 3.96. The van der Waals surface area contributed by atoms with Gasteiger partial charge in [0.15, 0.2) is 0 Å². The summed E-state index contributed by atoms with van der Waals surface area (Å²) in [5.41, 5.74) is 4.05. The maximum Gasteiger partial charge on any atom is 0.120 e. The molecule has 1 aliphatic carbocycles. The van der Waals surface area contributed by atoms with Crippen molar-refractivity contribution in [3.05, 3.63) is 78.1 Å². The molecule has 2 unspecified atom stereocenters. The molecule has 3 aromatic rings. The van der Waals surface area contributed by atoms with Crippen LogP contribution in [0.1, 0.15) is 37.4 Å². The highest BCUT2D eigenvalue weighted by molar-refractivity contribution is 5.52. The molecule has 0 aliphatic heterocycles. The van der Waals surface area contributed by atoms with E-state index in [0.717, 1.165) is 42.8 Å². The Morgan fingerprint density at radius 1 is 1.21 bits per heavy atom. The largest absolute Gasteiger partial charge is 0.381 e. The van der Waals surface area contributed by atoms with Gasteiger partial charge in [-0.05, 0) is 42.7 Å². The SMILES string of the molecule is CC1(C=C=O)CCCC1Nc1ccc(-n2cc(Cc3ccccc3)nn2)cc1. The van der Waals surface area contributed by atoms with Crippen LogP contribution >= 0.6 is 0 Å². The minimum atomic E-state index is -0.126. The van der Waals surface area contributed by atoms with Gasteiger partial charge in [0.1, 0.15) is 5.94 Å². The van der Waals surface area contributed by atoms with Crippen LogP contribution in [0.5, 0.6) is 0 Å². The Morgan fingerprint density at radius 2 is 2.00 bits per heavy atom. The van der Waals surface area contributed by atoms with E-state index in [4.69, 9.17) is 0 Å². The lowest BCUT2D eigenvalue weighted by molar-refractivity contribution is 0.408. The molecule has 1 heterocycles. The monoisotopic (exact) mass is 372 g/mol. The number of nitrogens with one attached hydrogen (secondary N) is 1. The Labute approximate surface area is 165 Å². The first kappa shape index (κ1) is 18.2. The number of hydrogen-bond acceptors (Lipinski definition) is 4. The lowest BCUT2D eigenvalue weighted by atomic mass is 9.85. The van der Waals surface area contributed by atoms with Gasteiger partial charge in [-0.3, -0.25) is 0 Å². The number of anilines is 1. The first-order valence-electron chi connectivity index (χ1n) is 9.70. The number of nitrogens with zero attached hydrogens (tertiary/aromatic N) is 3. The molecule has 0 spiro atoms. The molecular formula is C23H24N4O. The summed E-state index contributed by atoms with van der Waals surface area (Å²) in [6.07, 6.45) is 7.61. The van der Waals surface area contributed by atoms with Gasteiger partial charge in [-0.2, -0.15) is 0 Å². The normalized spacial score (nSPS) is 21.2. The van der Waals surface area contributed by atoms with Crippen LogP contribution in [0.3, 0.4) is 0 Å². The Hall–Kier alpha value is -3.17. The molecule has 0 radical (unpaired) electrons. The minimum Gasteiger partial charge on any atom is -0.381 e. The summed E-state index contributed by atoms with van der Waals surface area (Å²) in [5.74, 6) is 1.98. The van der Waals surface area contributed by atoms with Gasteiger partial charge in [0.2, 0.25) is 0 Å². The number of benzene rings is 2. The van der Waals surface area contributed by atoms with Gasteiger partial charge in [0.25, 0.3) is 0 Å². The van der Waals surface area contributed by atoms with Gasteiger partial charge in [-0.15, -0.1) is 5.10 Å². The Kier molecular flexibility index (Phi) is 5.09. The summed E-state index contributed by atoms with van der Waals surface area (Å²) in [6.45, 7) is 2.13. The van der Waals surface area contributed by atoms with Crippen LogP contribution in [0.15, 0.2) is 66.9 Å². The third kappa shape index (κ3) is 3.90. The Morgan fingerprint density at radius 3 is 2.75 bits per heavy atom. The molecule has 1 fully saturated rings. The second-order valence-electron chi connectivity index (χ2n) is 7.72. The van der Waals surface area contributed by atoms with Crippen molar-refractivity contribution in [2.24, 2.45) is 5.41 Å². The summed E-state index contributed by atoms with van der Waals surface area (Å²) in [4.78, 5) is 10.9. The number of aromatic nitrogens is 3. The number of rotatable bonds is 6. The second-order valence-corrected chi connectivity index (χ2v) is 7.72. The third-order valence-electron chi connectivity index (χ3n) is 5.63. The van der Waals surface area contributed by atoms with E-state index in [-0.39, 0.29) is 11.5 Å². The molecule has 142 valence electrons. The van der Waals surface area contributed by atoms with Gasteiger partial charge in [-0.25, -0.2) is 9.48 Å². The van der Waals surface area contributed by atoms with E-state index in [9.17, 15) is 4.79 Å². The van der Waals surface area contributed by atoms with Crippen molar-refractivity contribution < 1.29 is 4.79 Å². The highest BCUT2D eigenvalue weighted by Crippen LogP contribution is 2.40. The number of hydrogen-bond donors (Lipinski definition) is 1. The fourth-order valence-electron chi connectivity index (χ4n) is 3.96. The summed E-state index contributed by atoms with van der Waals surface area (Å²) >= 11 is 0. The van der Waals surface area contributed by atoms with Crippen LogP contribution in [0, 0.1) is 5.41 Å². The van der Waals surface area contributed by atoms with Crippen LogP contribution in [-0.2, 0) is 11.2 Å². The van der Waals surface area contributed by atoms with Crippen molar-refractivity contribution in [1.82, 2.24) is 15.0 Å². The minimum absolute atomic E-state index is 0.126. The molecule has 4 rings (SSSR count). The molecule has 2 aromatic carbocycles. The van der Waals surface area contributed by atoms with Gasteiger partial charge in [0.05, 0.1) is 17.6 Å². The molecule has 5 heteroatoms. The molecule has 28 heavy (non-hydrogen) atoms. The summed E-state index contributed by atoms with van der Waals surface area (Å²) in [5, 5.41) is 12.1. The summed E-state index contributed by atoms with van der Waals surface area (Å²) < 4.78 is 1.80. The molecule has 1 aliphatic rings. The van der Waals surface area contributed by atoms with Crippen LogP contribution in [-0.4, -0.2) is 27.0 Å². The van der Waals surface area contributed by atoms with Gasteiger partial charge in [-0.1, -0.05) is 48.9 Å². The second kappa shape index (κ2) is 7.83. The van der Waals surface area contributed by atoms with Crippen molar-refractivity contribution in [3.8, 4) is 5.69 Å². The van der Waals surface area contributed by atoms with Crippen LogP contribution in [0.4, 0.5) is 5.69 Å². The lowest BCUT2D eigenvalue weighted by Crippen LogP contribution is -2.32. The molecule has 1 saturated carbocycles. The van der Waals surface area contributed by atoms with E-state index in [0.29, 0.717) is 0 Å². The van der Waals surface area contributed by atoms with E-state index in [1.807, 2.05) is 42.5 Å². The van der Waals surface area contributed by atoms with E-state index in [1.54, 1.807) is 10.8 Å². The highest BCUT2D eigenvalue weighted by atomic mass is 16.1.